The van der Waals surface area contributed by atoms with Crippen LogP contribution in [0.3, 0.4) is 0 Å². The highest BCUT2D eigenvalue weighted by atomic mass is 32.1. The summed E-state index contributed by atoms with van der Waals surface area (Å²) in [6.45, 7) is 2.05. The molecule has 5 nitrogen and oxygen atoms in total. The van der Waals surface area contributed by atoms with Gasteiger partial charge in [0.2, 0.25) is 0 Å². The summed E-state index contributed by atoms with van der Waals surface area (Å²) in [4.78, 5) is 16.6. The highest BCUT2D eigenvalue weighted by molar-refractivity contribution is 7.14. The first-order chi connectivity index (χ1) is 12.2. The molecule has 0 aliphatic rings. The lowest BCUT2D eigenvalue weighted by molar-refractivity contribution is 0.262. The number of imidazole rings is 1. The van der Waals surface area contributed by atoms with Crippen LogP contribution in [0.15, 0.2) is 66.3 Å². The fraction of sp³-hybridized carbons (Fsp3) is 0.0526. The van der Waals surface area contributed by atoms with Crippen LogP contribution in [0.1, 0.15) is 5.56 Å². The number of carbonyl (C=O) groups is 1. The SMILES string of the molecule is Cc1cccn2cc(-c3ccc(NC(=O)Nc4cccs4)cc3)nc12. The molecule has 124 valence electrons. The molecule has 2 N–H and O–H groups in total. The molecule has 0 radical (unpaired) electrons. The van der Waals surface area contributed by atoms with Crippen molar-refractivity contribution in [3.8, 4) is 11.3 Å². The Morgan fingerprint density at radius 1 is 1.08 bits per heavy atom. The first-order valence-electron chi connectivity index (χ1n) is 7.85. The van der Waals surface area contributed by atoms with E-state index in [2.05, 4.69) is 15.6 Å². The zero-order valence-corrected chi connectivity index (χ0v) is 14.4. The molecular formula is C19H16N4OS. The maximum Gasteiger partial charge on any atom is 0.324 e. The van der Waals surface area contributed by atoms with E-state index in [0.29, 0.717) is 0 Å². The third-order valence-electron chi connectivity index (χ3n) is 3.87. The Morgan fingerprint density at radius 2 is 1.92 bits per heavy atom. The van der Waals surface area contributed by atoms with Crippen LogP contribution >= 0.6 is 11.3 Å². The molecule has 0 aliphatic heterocycles. The number of aromatic nitrogens is 2. The van der Waals surface area contributed by atoms with Crippen molar-refractivity contribution in [1.82, 2.24) is 9.38 Å². The third kappa shape index (κ3) is 3.25. The van der Waals surface area contributed by atoms with E-state index in [-0.39, 0.29) is 6.03 Å². The summed E-state index contributed by atoms with van der Waals surface area (Å²) in [6, 6.07) is 15.2. The summed E-state index contributed by atoms with van der Waals surface area (Å²) in [5, 5.41) is 8.35. The number of aryl methyl sites for hydroxylation is 1. The van der Waals surface area contributed by atoms with Gasteiger partial charge in [0.15, 0.2) is 0 Å². The van der Waals surface area contributed by atoms with Gasteiger partial charge in [-0.3, -0.25) is 5.32 Å². The number of fused-ring (bicyclic) bond motifs is 1. The van der Waals surface area contributed by atoms with E-state index in [1.165, 1.54) is 11.3 Å². The molecule has 2 amide bonds. The van der Waals surface area contributed by atoms with Gasteiger partial charge in [0.25, 0.3) is 0 Å². The average molecular weight is 348 g/mol. The second-order valence-electron chi connectivity index (χ2n) is 5.68. The first kappa shape index (κ1) is 15.4. The van der Waals surface area contributed by atoms with Crippen LogP contribution in [-0.4, -0.2) is 15.4 Å². The zero-order chi connectivity index (χ0) is 17.2. The summed E-state index contributed by atoms with van der Waals surface area (Å²) in [5.41, 5.74) is 4.74. The van der Waals surface area contributed by atoms with Gasteiger partial charge in [-0.25, -0.2) is 9.78 Å². The molecule has 6 heteroatoms. The highest BCUT2D eigenvalue weighted by Crippen LogP contribution is 2.23. The second-order valence-corrected chi connectivity index (χ2v) is 6.63. The van der Waals surface area contributed by atoms with Gasteiger partial charge in [0, 0.05) is 23.6 Å². The molecule has 0 spiro atoms. The Morgan fingerprint density at radius 3 is 2.64 bits per heavy atom. The van der Waals surface area contributed by atoms with E-state index in [9.17, 15) is 4.79 Å². The number of nitrogens with zero attached hydrogens (tertiary/aromatic N) is 2. The molecule has 1 aromatic carbocycles. The van der Waals surface area contributed by atoms with Crippen molar-refractivity contribution in [2.45, 2.75) is 6.92 Å². The lowest BCUT2D eigenvalue weighted by atomic mass is 10.1. The molecule has 0 saturated carbocycles. The van der Waals surface area contributed by atoms with Crippen LogP contribution in [0.2, 0.25) is 0 Å². The summed E-state index contributed by atoms with van der Waals surface area (Å²) in [6.07, 6.45) is 4.00. The summed E-state index contributed by atoms with van der Waals surface area (Å²) in [5.74, 6) is 0. The van der Waals surface area contributed by atoms with Crippen molar-refractivity contribution >= 4 is 33.7 Å². The van der Waals surface area contributed by atoms with Gasteiger partial charge in [-0.2, -0.15) is 0 Å². The average Bonchev–Trinajstić information content (AvgIpc) is 3.25. The normalized spacial score (nSPS) is 10.8. The lowest BCUT2D eigenvalue weighted by Crippen LogP contribution is -2.18. The van der Waals surface area contributed by atoms with E-state index < -0.39 is 0 Å². The molecule has 4 rings (SSSR count). The molecule has 0 aliphatic carbocycles. The van der Waals surface area contributed by atoms with E-state index in [1.807, 2.05) is 77.6 Å². The van der Waals surface area contributed by atoms with Gasteiger partial charge in [-0.15, -0.1) is 11.3 Å². The highest BCUT2D eigenvalue weighted by Gasteiger charge is 2.07. The van der Waals surface area contributed by atoms with Crippen LogP contribution < -0.4 is 10.6 Å². The monoisotopic (exact) mass is 348 g/mol. The van der Waals surface area contributed by atoms with Crippen LogP contribution in [0.4, 0.5) is 15.5 Å². The van der Waals surface area contributed by atoms with Crippen LogP contribution in [0.5, 0.6) is 0 Å². The molecule has 0 bridgehead atoms. The van der Waals surface area contributed by atoms with Gasteiger partial charge < -0.3 is 9.72 Å². The molecular weight excluding hydrogens is 332 g/mol. The minimum atomic E-state index is -0.251. The number of anilines is 2. The van der Waals surface area contributed by atoms with Crippen molar-refractivity contribution in [3.63, 3.8) is 0 Å². The van der Waals surface area contributed by atoms with Gasteiger partial charge in [0.05, 0.1) is 10.7 Å². The van der Waals surface area contributed by atoms with Crippen LogP contribution in [-0.2, 0) is 0 Å². The summed E-state index contributed by atoms with van der Waals surface area (Å²) >= 11 is 1.48. The van der Waals surface area contributed by atoms with Crippen LogP contribution in [0.25, 0.3) is 16.9 Å². The number of thiophene rings is 1. The van der Waals surface area contributed by atoms with Gasteiger partial charge in [-0.1, -0.05) is 18.2 Å². The van der Waals surface area contributed by atoms with Crippen LogP contribution in [0, 0.1) is 6.92 Å². The standard InChI is InChI=1S/C19H16N4OS/c1-13-4-2-10-23-12-16(21-18(13)23)14-6-8-15(9-7-14)20-19(24)22-17-5-3-11-25-17/h2-12H,1H3,(H2,20,22,24). The minimum absolute atomic E-state index is 0.251. The quantitative estimate of drug-likeness (QED) is 0.546. The molecule has 3 heterocycles. The molecule has 0 fully saturated rings. The third-order valence-corrected chi connectivity index (χ3v) is 4.66. The molecule has 3 aromatic heterocycles. The van der Waals surface area contributed by atoms with Crippen molar-refractivity contribution in [3.05, 3.63) is 71.9 Å². The number of benzene rings is 1. The number of nitrogens with one attached hydrogen (secondary N) is 2. The number of rotatable bonds is 3. The Balaban J connectivity index is 1.51. The Hall–Kier alpha value is -3.12. The predicted molar refractivity (Wildman–Crippen MR) is 102 cm³/mol. The maximum absolute atomic E-state index is 12.0. The van der Waals surface area contributed by atoms with E-state index in [0.717, 1.165) is 33.2 Å². The van der Waals surface area contributed by atoms with Crippen molar-refractivity contribution < 1.29 is 4.79 Å². The number of hydrogen-bond acceptors (Lipinski definition) is 3. The fourth-order valence-electron chi connectivity index (χ4n) is 2.64. The Labute approximate surface area is 149 Å². The molecule has 0 unspecified atom stereocenters. The van der Waals surface area contributed by atoms with Crippen molar-refractivity contribution in [2.75, 3.05) is 10.6 Å². The smallest absolute Gasteiger partial charge is 0.308 e. The predicted octanol–water partition coefficient (Wildman–Crippen LogP) is 5.02. The van der Waals surface area contributed by atoms with Gasteiger partial charge in [-0.05, 0) is 48.2 Å². The number of hydrogen-bond donors (Lipinski definition) is 2. The maximum atomic E-state index is 12.0. The Bertz CT molecular complexity index is 1020. The number of amides is 2. The topological polar surface area (TPSA) is 58.4 Å². The van der Waals surface area contributed by atoms with E-state index >= 15 is 0 Å². The molecule has 0 saturated heterocycles. The van der Waals surface area contributed by atoms with Gasteiger partial charge in [0.1, 0.15) is 5.65 Å². The second kappa shape index (κ2) is 6.41. The number of urea groups is 1. The number of pyridine rings is 1. The molecule has 0 atom stereocenters. The van der Waals surface area contributed by atoms with Crippen molar-refractivity contribution in [2.24, 2.45) is 0 Å². The summed E-state index contributed by atoms with van der Waals surface area (Å²) in [7, 11) is 0. The zero-order valence-electron chi connectivity index (χ0n) is 13.6. The number of carbonyl (C=O) groups excluding carboxylic acids is 1. The van der Waals surface area contributed by atoms with E-state index in [4.69, 9.17) is 0 Å². The van der Waals surface area contributed by atoms with Crippen molar-refractivity contribution in [1.29, 1.82) is 0 Å². The Kier molecular flexibility index (Phi) is 3.95. The lowest BCUT2D eigenvalue weighted by Gasteiger charge is -2.06. The largest absolute Gasteiger partial charge is 0.324 e. The summed E-state index contributed by atoms with van der Waals surface area (Å²) < 4.78 is 2.02. The molecule has 25 heavy (non-hydrogen) atoms. The first-order valence-corrected chi connectivity index (χ1v) is 8.73. The van der Waals surface area contributed by atoms with E-state index in [1.54, 1.807) is 0 Å². The molecule has 4 aromatic rings. The fourth-order valence-corrected chi connectivity index (χ4v) is 3.25. The van der Waals surface area contributed by atoms with Gasteiger partial charge >= 0.3 is 6.03 Å². The minimum Gasteiger partial charge on any atom is -0.308 e.